The number of hydrogen-bond acceptors (Lipinski definition) is 5. The van der Waals surface area contributed by atoms with E-state index < -0.39 is 5.92 Å². The SMILES string of the molecule is CC(C(=O)c1ncncn1)c1cc(C(C)(C)C)c(O)c(C(C)(C)C)c1. The number of phenols is 1. The summed E-state index contributed by atoms with van der Waals surface area (Å²) in [6.45, 7) is 14.2. The highest BCUT2D eigenvalue weighted by Gasteiger charge is 2.29. The van der Waals surface area contributed by atoms with Crippen molar-refractivity contribution in [1.29, 1.82) is 0 Å². The summed E-state index contributed by atoms with van der Waals surface area (Å²) in [4.78, 5) is 24.4. The summed E-state index contributed by atoms with van der Waals surface area (Å²) in [6.07, 6.45) is 2.65. The van der Waals surface area contributed by atoms with Crippen molar-refractivity contribution in [2.24, 2.45) is 0 Å². The third kappa shape index (κ3) is 4.03. The first-order chi connectivity index (χ1) is 11.4. The van der Waals surface area contributed by atoms with E-state index in [4.69, 9.17) is 0 Å². The van der Waals surface area contributed by atoms with Crippen LogP contribution in [-0.4, -0.2) is 25.8 Å². The maximum Gasteiger partial charge on any atom is 0.207 e. The Bertz CT molecular complexity index is 737. The van der Waals surface area contributed by atoms with Gasteiger partial charge in [0.1, 0.15) is 18.4 Å². The highest BCUT2D eigenvalue weighted by atomic mass is 16.3. The fraction of sp³-hybridized carbons (Fsp3) is 0.500. The molecule has 0 bridgehead atoms. The Morgan fingerprint density at radius 3 is 1.80 bits per heavy atom. The van der Waals surface area contributed by atoms with Crippen molar-refractivity contribution >= 4 is 5.78 Å². The smallest absolute Gasteiger partial charge is 0.207 e. The van der Waals surface area contributed by atoms with Crippen molar-refractivity contribution in [1.82, 2.24) is 15.0 Å². The topological polar surface area (TPSA) is 76.0 Å². The number of hydrogen-bond donors (Lipinski definition) is 1. The highest BCUT2D eigenvalue weighted by molar-refractivity contribution is 5.97. The fourth-order valence-electron chi connectivity index (χ4n) is 2.76. The van der Waals surface area contributed by atoms with Crippen LogP contribution in [0.4, 0.5) is 0 Å². The molecule has 1 atom stereocenters. The first-order valence-electron chi connectivity index (χ1n) is 8.47. The average molecular weight is 341 g/mol. The predicted octanol–water partition coefficient (Wildman–Crippen LogP) is 4.16. The molecule has 0 aliphatic carbocycles. The molecule has 1 heterocycles. The van der Waals surface area contributed by atoms with E-state index in [0.29, 0.717) is 5.75 Å². The summed E-state index contributed by atoms with van der Waals surface area (Å²) in [7, 11) is 0. The van der Waals surface area contributed by atoms with Crippen molar-refractivity contribution in [3.63, 3.8) is 0 Å². The minimum Gasteiger partial charge on any atom is -0.507 e. The second kappa shape index (κ2) is 6.54. The third-order valence-electron chi connectivity index (χ3n) is 4.36. The number of ketones is 1. The number of carbonyl (C=O) groups is 1. The van der Waals surface area contributed by atoms with Gasteiger partial charge in [-0.3, -0.25) is 4.79 Å². The van der Waals surface area contributed by atoms with E-state index >= 15 is 0 Å². The van der Waals surface area contributed by atoms with Crippen LogP contribution in [0.3, 0.4) is 0 Å². The Hall–Kier alpha value is -2.30. The first-order valence-corrected chi connectivity index (χ1v) is 8.47. The Labute approximate surface area is 149 Å². The van der Waals surface area contributed by atoms with Gasteiger partial charge in [-0.1, -0.05) is 60.6 Å². The zero-order chi connectivity index (χ0) is 19.0. The summed E-state index contributed by atoms with van der Waals surface area (Å²) in [5.74, 6) is -0.105. The Kier molecular flexibility index (Phi) is 4.98. The van der Waals surface area contributed by atoms with Crippen molar-refractivity contribution in [2.45, 2.75) is 65.2 Å². The molecule has 0 amide bonds. The lowest BCUT2D eigenvalue weighted by Crippen LogP contribution is -2.20. The number of nitrogens with zero attached hydrogens (tertiary/aromatic N) is 3. The van der Waals surface area contributed by atoms with Crippen LogP contribution in [0.25, 0.3) is 0 Å². The molecule has 1 unspecified atom stereocenters. The molecule has 0 aliphatic heterocycles. The largest absolute Gasteiger partial charge is 0.507 e. The number of Topliss-reactive ketones (excluding diaryl/α,β-unsaturated/α-hetero) is 1. The molecular weight excluding hydrogens is 314 g/mol. The van der Waals surface area contributed by atoms with Crippen LogP contribution in [0.15, 0.2) is 24.8 Å². The van der Waals surface area contributed by atoms with Crippen molar-refractivity contribution < 1.29 is 9.90 Å². The second-order valence-corrected chi connectivity index (χ2v) is 8.51. The molecule has 0 aliphatic rings. The van der Waals surface area contributed by atoms with Gasteiger partial charge in [-0.2, -0.15) is 0 Å². The maximum atomic E-state index is 12.7. The summed E-state index contributed by atoms with van der Waals surface area (Å²) in [6, 6.07) is 3.85. The van der Waals surface area contributed by atoms with E-state index in [2.05, 4.69) is 56.5 Å². The molecule has 0 fully saturated rings. The Balaban J connectivity index is 2.59. The minimum atomic E-state index is -0.412. The van der Waals surface area contributed by atoms with E-state index in [1.165, 1.54) is 12.7 Å². The molecule has 134 valence electrons. The van der Waals surface area contributed by atoms with Crippen LogP contribution in [0.5, 0.6) is 5.75 Å². The van der Waals surface area contributed by atoms with E-state index in [9.17, 15) is 9.90 Å². The number of aromatic hydroxyl groups is 1. The monoisotopic (exact) mass is 341 g/mol. The molecular formula is C20H27N3O2. The van der Waals surface area contributed by atoms with Gasteiger partial charge in [0.05, 0.1) is 0 Å². The Morgan fingerprint density at radius 1 is 0.960 bits per heavy atom. The van der Waals surface area contributed by atoms with E-state index in [0.717, 1.165) is 16.7 Å². The lowest BCUT2D eigenvalue weighted by Gasteiger charge is -2.29. The van der Waals surface area contributed by atoms with Crippen LogP contribution in [-0.2, 0) is 10.8 Å². The summed E-state index contributed by atoms with van der Waals surface area (Å²) in [5.41, 5.74) is 2.06. The number of carbonyl (C=O) groups excluding carboxylic acids is 1. The lowest BCUT2D eigenvalue weighted by molar-refractivity contribution is 0.0955. The molecule has 1 N–H and O–H groups in total. The van der Waals surface area contributed by atoms with Gasteiger partial charge in [0.2, 0.25) is 5.78 Å². The van der Waals surface area contributed by atoms with Gasteiger partial charge in [0, 0.05) is 5.92 Å². The Morgan fingerprint density at radius 2 is 1.40 bits per heavy atom. The number of aromatic nitrogens is 3. The van der Waals surface area contributed by atoms with Gasteiger partial charge in [-0.25, -0.2) is 15.0 Å². The fourth-order valence-corrected chi connectivity index (χ4v) is 2.76. The molecule has 5 heteroatoms. The number of rotatable bonds is 3. The molecule has 0 saturated carbocycles. The standard InChI is InChI=1S/C20H27N3O2/c1-12(16(24)18-22-10-21-11-23-18)13-8-14(19(2,3)4)17(25)15(9-13)20(5,6)7/h8-12,25H,1-7H3. The van der Waals surface area contributed by atoms with Gasteiger partial charge in [-0.15, -0.1) is 0 Å². The van der Waals surface area contributed by atoms with E-state index in [1.54, 1.807) is 0 Å². The minimum absolute atomic E-state index is 0.158. The quantitative estimate of drug-likeness (QED) is 0.848. The second-order valence-electron chi connectivity index (χ2n) is 8.51. The summed E-state index contributed by atoms with van der Waals surface area (Å²) in [5, 5.41) is 10.8. The number of phenolic OH excluding ortho intramolecular Hbond substituents is 1. The molecule has 2 aromatic rings. The van der Waals surface area contributed by atoms with Gasteiger partial charge >= 0.3 is 0 Å². The molecule has 1 aromatic carbocycles. The molecule has 0 spiro atoms. The molecule has 25 heavy (non-hydrogen) atoms. The molecule has 0 radical (unpaired) electrons. The van der Waals surface area contributed by atoms with Gasteiger partial charge in [0.25, 0.3) is 0 Å². The predicted molar refractivity (Wildman–Crippen MR) is 98.1 cm³/mol. The molecule has 1 aromatic heterocycles. The van der Waals surface area contributed by atoms with Crippen LogP contribution in [0, 0.1) is 0 Å². The van der Waals surface area contributed by atoms with E-state index in [1.807, 2.05) is 19.1 Å². The maximum absolute atomic E-state index is 12.7. The average Bonchev–Trinajstić information content (AvgIpc) is 2.52. The van der Waals surface area contributed by atoms with Gasteiger partial charge < -0.3 is 5.11 Å². The molecule has 2 rings (SSSR count). The summed E-state index contributed by atoms with van der Waals surface area (Å²) >= 11 is 0. The van der Waals surface area contributed by atoms with E-state index in [-0.39, 0.29) is 22.4 Å². The van der Waals surface area contributed by atoms with Gasteiger partial charge in [0.15, 0.2) is 5.82 Å². The molecule has 0 saturated heterocycles. The number of benzene rings is 1. The third-order valence-corrected chi connectivity index (χ3v) is 4.36. The zero-order valence-electron chi connectivity index (χ0n) is 16.1. The first kappa shape index (κ1) is 19.0. The van der Waals surface area contributed by atoms with Crippen molar-refractivity contribution in [2.75, 3.05) is 0 Å². The van der Waals surface area contributed by atoms with Crippen LogP contribution >= 0.6 is 0 Å². The lowest BCUT2D eigenvalue weighted by atomic mass is 9.77. The summed E-state index contributed by atoms with van der Waals surface area (Å²) < 4.78 is 0. The highest BCUT2D eigenvalue weighted by Crippen LogP contribution is 2.41. The van der Waals surface area contributed by atoms with Crippen molar-refractivity contribution in [3.05, 3.63) is 47.3 Å². The van der Waals surface area contributed by atoms with Crippen LogP contribution in [0.2, 0.25) is 0 Å². The zero-order valence-corrected chi connectivity index (χ0v) is 16.1. The molecule has 5 nitrogen and oxygen atoms in total. The normalized spacial score (nSPS) is 13.6. The van der Waals surface area contributed by atoms with Crippen LogP contribution in [0.1, 0.15) is 81.7 Å². The van der Waals surface area contributed by atoms with Gasteiger partial charge in [-0.05, 0) is 27.5 Å². The van der Waals surface area contributed by atoms with Crippen LogP contribution < -0.4 is 0 Å². The van der Waals surface area contributed by atoms with Crippen molar-refractivity contribution in [3.8, 4) is 5.75 Å².